The number of aromatic carboxylic acids is 1. The number of carboxylic acid groups (broad SMARTS) is 1. The first kappa shape index (κ1) is 14.2. The molecule has 0 atom stereocenters. The minimum absolute atomic E-state index is 0.157. The first-order valence-electron chi connectivity index (χ1n) is 6.25. The summed E-state index contributed by atoms with van der Waals surface area (Å²) in [7, 11) is 0. The maximum atomic E-state index is 12.2. The third-order valence-electron chi connectivity index (χ3n) is 3.01. The number of benzene rings is 1. The summed E-state index contributed by atoms with van der Waals surface area (Å²) in [4.78, 5) is 23.5. The fourth-order valence-electron chi connectivity index (χ4n) is 1.92. The molecule has 2 N–H and O–H groups in total. The van der Waals surface area contributed by atoms with E-state index in [0.717, 1.165) is 4.68 Å². The number of nitrogens with zero attached hydrogens (tertiary/aromatic N) is 2. The van der Waals surface area contributed by atoms with E-state index in [1.807, 2.05) is 0 Å². The van der Waals surface area contributed by atoms with Crippen molar-refractivity contribution in [2.24, 2.45) is 0 Å². The highest BCUT2D eigenvalue weighted by atomic mass is 16.4. The molecule has 2 aromatic rings. The molecule has 0 unspecified atom stereocenters. The highest BCUT2D eigenvalue weighted by Gasteiger charge is 2.18. The average molecular weight is 276 g/mol. The molecule has 6 heteroatoms. The number of rotatable bonds is 4. The van der Waals surface area contributed by atoms with Gasteiger partial charge in [-0.25, -0.2) is 9.48 Å². The van der Waals surface area contributed by atoms with Gasteiger partial charge in [-0.05, 0) is 26.3 Å². The maximum absolute atomic E-state index is 12.2. The number of aliphatic hydroxyl groups is 1. The van der Waals surface area contributed by atoms with Gasteiger partial charge >= 0.3 is 5.97 Å². The second-order valence-corrected chi connectivity index (χ2v) is 5.29. The molecular formula is C14H16N2O4. The third-order valence-corrected chi connectivity index (χ3v) is 3.01. The number of hydrogen-bond donors (Lipinski definition) is 2. The van der Waals surface area contributed by atoms with Crippen molar-refractivity contribution in [1.82, 2.24) is 9.78 Å². The molecular weight excluding hydrogens is 260 g/mol. The Morgan fingerprint density at radius 1 is 1.30 bits per heavy atom. The maximum Gasteiger partial charge on any atom is 0.357 e. The van der Waals surface area contributed by atoms with Crippen LogP contribution in [-0.2, 0) is 6.54 Å². The molecule has 0 fully saturated rings. The van der Waals surface area contributed by atoms with Crippen LogP contribution in [-0.4, -0.2) is 31.6 Å². The molecule has 0 saturated carbocycles. The van der Waals surface area contributed by atoms with E-state index in [0.29, 0.717) is 17.2 Å². The number of aryl methyl sites for hydroxylation is 1. The van der Waals surface area contributed by atoms with E-state index in [1.54, 1.807) is 38.1 Å². The SMILES string of the molecule is CC(C)(O)CCn1nc(C(=O)O)c2ccccc2c1=O. The van der Waals surface area contributed by atoms with Crippen LogP contribution in [0.25, 0.3) is 10.8 Å². The van der Waals surface area contributed by atoms with E-state index < -0.39 is 11.6 Å². The van der Waals surface area contributed by atoms with E-state index in [-0.39, 0.29) is 17.8 Å². The second-order valence-electron chi connectivity index (χ2n) is 5.29. The zero-order chi connectivity index (χ0) is 14.9. The van der Waals surface area contributed by atoms with Gasteiger partial charge in [0.05, 0.1) is 11.0 Å². The zero-order valence-corrected chi connectivity index (χ0v) is 11.3. The summed E-state index contributed by atoms with van der Waals surface area (Å²) >= 11 is 0. The summed E-state index contributed by atoms with van der Waals surface area (Å²) in [6, 6.07) is 6.48. The lowest BCUT2D eigenvalue weighted by molar-refractivity contribution is 0.0642. The van der Waals surface area contributed by atoms with Gasteiger partial charge in [0.2, 0.25) is 0 Å². The topological polar surface area (TPSA) is 92.4 Å². The van der Waals surface area contributed by atoms with Gasteiger partial charge in [-0.1, -0.05) is 18.2 Å². The molecule has 1 heterocycles. The molecule has 0 aliphatic rings. The van der Waals surface area contributed by atoms with Crippen LogP contribution in [0.5, 0.6) is 0 Å². The van der Waals surface area contributed by atoms with E-state index in [2.05, 4.69) is 5.10 Å². The van der Waals surface area contributed by atoms with Gasteiger partial charge in [-0.2, -0.15) is 5.10 Å². The molecule has 2 rings (SSSR count). The Kier molecular flexibility index (Phi) is 3.59. The molecule has 6 nitrogen and oxygen atoms in total. The van der Waals surface area contributed by atoms with Gasteiger partial charge in [0, 0.05) is 11.9 Å². The zero-order valence-electron chi connectivity index (χ0n) is 11.3. The number of carboxylic acids is 1. The van der Waals surface area contributed by atoms with Gasteiger partial charge in [0.25, 0.3) is 5.56 Å². The van der Waals surface area contributed by atoms with Crippen molar-refractivity contribution in [1.29, 1.82) is 0 Å². The molecule has 0 bridgehead atoms. The molecule has 0 saturated heterocycles. The largest absolute Gasteiger partial charge is 0.476 e. The third kappa shape index (κ3) is 2.85. The van der Waals surface area contributed by atoms with Crippen molar-refractivity contribution in [3.05, 3.63) is 40.3 Å². The van der Waals surface area contributed by atoms with Crippen molar-refractivity contribution < 1.29 is 15.0 Å². The Morgan fingerprint density at radius 3 is 2.45 bits per heavy atom. The van der Waals surface area contributed by atoms with Gasteiger partial charge in [-0.3, -0.25) is 4.79 Å². The Morgan fingerprint density at radius 2 is 1.90 bits per heavy atom. The monoisotopic (exact) mass is 276 g/mol. The summed E-state index contributed by atoms with van der Waals surface area (Å²) in [5.41, 5.74) is -1.46. The molecule has 0 amide bonds. The average Bonchev–Trinajstić information content (AvgIpc) is 2.37. The van der Waals surface area contributed by atoms with Crippen LogP contribution in [0.1, 0.15) is 30.8 Å². The van der Waals surface area contributed by atoms with Crippen molar-refractivity contribution in [3.8, 4) is 0 Å². The fraction of sp³-hybridized carbons (Fsp3) is 0.357. The first-order valence-corrected chi connectivity index (χ1v) is 6.25. The summed E-state index contributed by atoms with van der Waals surface area (Å²) in [5, 5.41) is 23.4. The van der Waals surface area contributed by atoms with E-state index in [4.69, 9.17) is 0 Å². The first-order chi connectivity index (χ1) is 9.29. The van der Waals surface area contributed by atoms with Gasteiger partial charge < -0.3 is 10.2 Å². The van der Waals surface area contributed by atoms with Crippen LogP contribution in [0.4, 0.5) is 0 Å². The molecule has 0 aliphatic heterocycles. The molecule has 0 radical (unpaired) electrons. The molecule has 106 valence electrons. The van der Waals surface area contributed by atoms with Crippen molar-refractivity contribution in [2.45, 2.75) is 32.4 Å². The minimum Gasteiger partial charge on any atom is -0.476 e. The molecule has 0 aliphatic carbocycles. The summed E-state index contributed by atoms with van der Waals surface area (Å²) in [6.45, 7) is 3.40. The Balaban J connectivity index is 2.59. The Bertz CT molecular complexity index is 713. The highest BCUT2D eigenvalue weighted by molar-refractivity contribution is 6.01. The number of carbonyl (C=O) groups is 1. The summed E-state index contributed by atoms with van der Waals surface area (Å²) in [5.74, 6) is -1.18. The quantitative estimate of drug-likeness (QED) is 0.877. The Hall–Kier alpha value is -2.21. The lowest BCUT2D eigenvalue weighted by Gasteiger charge is -2.17. The van der Waals surface area contributed by atoms with Gasteiger partial charge in [0.1, 0.15) is 0 Å². The normalized spacial score (nSPS) is 11.8. The smallest absolute Gasteiger partial charge is 0.357 e. The van der Waals surface area contributed by atoms with Crippen LogP contribution in [0, 0.1) is 0 Å². The van der Waals surface area contributed by atoms with Crippen molar-refractivity contribution in [2.75, 3.05) is 0 Å². The highest BCUT2D eigenvalue weighted by Crippen LogP contribution is 2.14. The standard InChI is InChI=1S/C14H16N2O4/c1-14(2,20)7-8-16-12(17)10-6-4-3-5-9(10)11(15-16)13(18)19/h3-6,20H,7-8H2,1-2H3,(H,18,19). The molecule has 1 aromatic carbocycles. The lowest BCUT2D eigenvalue weighted by Crippen LogP contribution is -2.30. The van der Waals surface area contributed by atoms with E-state index in [1.165, 1.54) is 0 Å². The molecule has 1 aromatic heterocycles. The van der Waals surface area contributed by atoms with Crippen LogP contribution in [0.2, 0.25) is 0 Å². The van der Waals surface area contributed by atoms with Gasteiger partial charge in [0.15, 0.2) is 5.69 Å². The summed E-state index contributed by atoms with van der Waals surface area (Å²) < 4.78 is 1.10. The predicted molar refractivity (Wildman–Crippen MR) is 73.9 cm³/mol. The lowest BCUT2D eigenvalue weighted by atomic mass is 10.1. The number of hydrogen-bond acceptors (Lipinski definition) is 4. The van der Waals surface area contributed by atoms with Gasteiger partial charge in [-0.15, -0.1) is 0 Å². The van der Waals surface area contributed by atoms with Crippen LogP contribution in [0.15, 0.2) is 29.1 Å². The minimum atomic E-state index is -1.18. The fourth-order valence-corrected chi connectivity index (χ4v) is 1.92. The molecule has 20 heavy (non-hydrogen) atoms. The molecule has 0 spiro atoms. The van der Waals surface area contributed by atoms with Crippen LogP contribution in [0.3, 0.4) is 0 Å². The van der Waals surface area contributed by atoms with Crippen LogP contribution >= 0.6 is 0 Å². The second kappa shape index (κ2) is 5.05. The van der Waals surface area contributed by atoms with E-state index >= 15 is 0 Å². The Labute approximate surface area is 115 Å². The van der Waals surface area contributed by atoms with Crippen molar-refractivity contribution in [3.63, 3.8) is 0 Å². The van der Waals surface area contributed by atoms with Crippen LogP contribution < -0.4 is 5.56 Å². The number of fused-ring (bicyclic) bond motifs is 1. The van der Waals surface area contributed by atoms with Crippen molar-refractivity contribution >= 4 is 16.7 Å². The summed E-state index contributed by atoms with van der Waals surface area (Å²) in [6.07, 6.45) is 0.303. The predicted octanol–water partition coefficient (Wildman–Crippen LogP) is 1.26. The van der Waals surface area contributed by atoms with E-state index in [9.17, 15) is 19.8 Å². The number of aromatic nitrogens is 2.